The van der Waals surface area contributed by atoms with Crippen LogP contribution in [0.3, 0.4) is 0 Å². The van der Waals surface area contributed by atoms with Crippen molar-refractivity contribution in [3.8, 4) is 22.6 Å². The second-order valence-corrected chi connectivity index (χ2v) is 6.17. The quantitative estimate of drug-likeness (QED) is 0.448. The highest BCUT2D eigenvalue weighted by molar-refractivity contribution is 5.98. The maximum Gasteiger partial charge on any atom is 0.320 e. The number of carbonyl (C=O) groups is 1. The number of pyridine rings is 1. The number of aromatic amines is 1. The van der Waals surface area contributed by atoms with Gasteiger partial charge in [0.25, 0.3) is 0 Å². The Hall–Kier alpha value is -3.26. The molecule has 2 amide bonds. The van der Waals surface area contributed by atoms with E-state index in [1.54, 1.807) is 20.3 Å². The summed E-state index contributed by atoms with van der Waals surface area (Å²) in [5, 5.41) is 9.50. The average Bonchev–Trinajstić information content (AvgIpc) is 3.13. The molecule has 28 heavy (non-hydrogen) atoms. The molecular formula is C20H25N5O3. The first-order valence-corrected chi connectivity index (χ1v) is 9.07. The number of nitrogens with one attached hydrogen (secondary N) is 4. The third-order valence-electron chi connectivity index (χ3n) is 4.37. The normalized spacial score (nSPS) is 10.7. The Bertz CT molecular complexity index is 932. The van der Waals surface area contributed by atoms with Crippen LogP contribution < -0.4 is 25.4 Å². The van der Waals surface area contributed by atoms with Crippen molar-refractivity contribution >= 4 is 22.9 Å². The number of aromatic nitrogens is 2. The van der Waals surface area contributed by atoms with E-state index >= 15 is 0 Å². The van der Waals surface area contributed by atoms with Crippen molar-refractivity contribution in [2.24, 2.45) is 0 Å². The van der Waals surface area contributed by atoms with E-state index in [-0.39, 0.29) is 6.03 Å². The second kappa shape index (κ2) is 9.09. The predicted molar refractivity (Wildman–Crippen MR) is 110 cm³/mol. The van der Waals surface area contributed by atoms with E-state index in [9.17, 15) is 4.79 Å². The van der Waals surface area contributed by atoms with Gasteiger partial charge in [-0.25, -0.2) is 9.78 Å². The van der Waals surface area contributed by atoms with Crippen LogP contribution in [0.25, 0.3) is 22.2 Å². The van der Waals surface area contributed by atoms with Gasteiger partial charge in [0.2, 0.25) is 0 Å². The molecule has 4 N–H and O–H groups in total. The molecule has 0 radical (unpaired) electrons. The summed E-state index contributed by atoms with van der Waals surface area (Å²) in [4.78, 5) is 19.6. The van der Waals surface area contributed by atoms with E-state index in [1.807, 2.05) is 37.5 Å². The van der Waals surface area contributed by atoms with Crippen LogP contribution in [-0.2, 0) is 0 Å². The molecule has 0 saturated heterocycles. The highest BCUT2D eigenvalue weighted by Crippen LogP contribution is 2.41. The van der Waals surface area contributed by atoms with Crippen molar-refractivity contribution in [2.45, 2.75) is 6.42 Å². The van der Waals surface area contributed by atoms with Gasteiger partial charge in [0.05, 0.1) is 19.8 Å². The predicted octanol–water partition coefficient (Wildman–Crippen LogP) is 2.98. The second-order valence-electron chi connectivity index (χ2n) is 6.17. The zero-order valence-electron chi connectivity index (χ0n) is 16.3. The first-order chi connectivity index (χ1) is 13.7. The van der Waals surface area contributed by atoms with Crippen LogP contribution in [0, 0.1) is 0 Å². The van der Waals surface area contributed by atoms with E-state index in [4.69, 9.17) is 9.47 Å². The van der Waals surface area contributed by atoms with E-state index in [2.05, 4.69) is 25.9 Å². The van der Waals surface area contributed by atoms with Crippen molar-refractivity contribution in [3.63, 3.8) is 0 Å². The van der Waals surface area contributed by atoms with Gasteiger partial charge in [0, 0.05) is 23.7 Å². The SMILES string of the molecule is CNCCCNC(=O)Nc1ccc2c(-c3c(OC)cccc3OC)c[nH]c2n1. The molecule has 3 aromatic rings. The third kappa shape index (κ3) is 4.17. The van der Waals surface area contributed by atoms with Crippen molar-refractivity contribution in [1.29, 1.82) is 0 Å². The van der Waals surface area contributed by atoms with Gasteiger partial charge >= 0.3 is 6.03 Å². The Morgan fingerprint density at radius 1 is 1.11 bits per heavy atom. The maximum atomic E-state index is 12.0. The highest BCUT2D eigenvalue weighted by atomic mass is 16.5. The number of carbonyl (C=O) groups excluding carboxylic acids is 1. The minimum Gasteiger partial charge on any atom is -0.496 e. The van der Waals surface area contributed by atoms with E-state index in [0.29, 0.717) is 29.5 Å². The van der Waals surface area contributed by atoms with Crippen molar-refractivity contribution in [3.05, 3.63) is 36.5 Å². The van der Waals surface area contributed by atoms with Crippen LogP contribution in [0.4, 0.5) is 10.6 Å². The molecule has 1 aromatic carbocycles. The van der Waals surface area contributed by atoms with Gasteiger partial charge in [-0.3, -0.25) is 5.32 Å². The number of hydrogen-bond acceptors (Lipinski definition) is 5. The number of methoxy groups -OCH3 is 2. The monoisotopic (exact) mass is 383 g/mol. The Labute approximate surface area is 163 Å². The first-order valence-electron chi connectivity index (χ1n) is 9.07. The Balaban J connectivity index is 1.83. The lowest BCUT2D eigenvalue weighted by molar-refractivity contribution is 0.252. The Morgan fingerprint density at radius 2 is 1.86 bits per heavy atom. The zero-order valence-corrected chi connectivity index (χ0v) is 16.3. The van der Waals surface area contributed by atoms with E-state index in [0.717, 1.165) is 29.5 Å². The standard InChI is InChI=1S/C20H25N5O3/c1-21-10-5-11-22-20(26)25-17-9-8-13-14(12-23-19(13)24-17)18-15(27-2)6-4-7-16(18)28-3/h4,6-9,12,21H,5,10-11H2,1-3H3,(H3,22,23,24,25,26). The number of ether oxygens (including phenoxy) is 2. The van der Waals surface area contributed by atoms with Crippen molar-refractivity contribution in [2.75, 3.05) is 39.7 Å². The summed E-state index contributed by atoms with van der Waals surface area (Å²) in [6.45, 7) is 1.44. The van der Waals surface area contributed by atoms with Crippen LogP contribution in [0.15, 0.2) is 36.5 Å². The zero-order chi connectivity index (χ0) is 19.9. The summed E-state index contributed by atoms with van der Waals surface area (Å²) in [7, 11) is 5.13. The molecule has 8 nitrogen and oxygen atoms in total. The molecule has 3 rings (SSSR count). The molecule has 2 aromatic heterocycles. The number of anilines is 1. The smallest absolute Gasteiger partial charge is 0.320 e. The minimum absolute atomic E-state index is 0.277. The van der Waals surface area contributed by atoms with Gasteiger partial charge in [-0.15, -0.1) is 0 Å². The van der Waals surface area contributed by atoms with Crippen LogP contribution in [0.5, 0.6) is 11.5 Å². The van der Waals surface area contributed by atoms with Gasteiger partial charge in [0.1, 0.15) is 23.0 Å². The third-order valence-corrected chi connectivity index (χ3v) is 4.37. The molecule has 0 spiro atoms. The van der Waals surface area contributed by atoms with Crippen LogP contribution in [0.1, 0.15) is 6.42 Å². The molecular weight excluding hydrogens is 358 g/mol. The molecule has 2 heterocycles. The number of benzene rings is 1. The largest absolute Gasteiger partial charge is 0.496 e. The van der Waals surface area contributed by atoms with Gasteiger partial charge in [-0.05, 0) is 44.3 Å². The number of amides is 2. The van der Waals surface area contributed by atoms with Gasteiger partial charge < -0.3 is 25.1 Å². The number of H-pyrrole nitrogens is 1. The van der Waals surface area contributed by atoms with E-state index < -0.39 is 0 Å². The van der Waals surface area contributed by atoms with Crippen LogP contribution in [-0.4, -0.2) is 50.4 Å². The Kier molecular flexibility index (Phi) is 6.33. The number of urea groups is 1. The topological polar surface area (TPSA) is 100 Å². The van der Waals surface area contributed by atoms with Gasteiger partial charge in [0.15, 0.2) is 0 Å². The van der Waals surface area contributed by atoms with Crippen LogP contribution in [0.2, 0.25) is 0 Å². The summed E-state index contributed by atoms with van der Waals surface area (Å²) in [6, 6.07) is 9.06. The molecule has 0 saturated carbocycles. The number of hydrogen-bond donors (Lipinski definition) is 4. The lowest BCUT2D eigenvalue weighted by atomic mass is 10.0. The van der Waals surface area contributed by atoms with Crippen molar-refractivity contribution < 1.29 is 14.3 Å². The molecule has 8 heteroatoms. The summed E-state index contributed by atoms with van der Waals surface area (Å²) >= 11 is 0. The number of rotatable bonds is 8. The van der Waals surface area contributed by atoms with Crippen molar-refractivity contribution in [1.82, 2.24) is 20.6 Å². The number of fused-ring (bicyclic) bond motifs is 1. The van der Waals surface area contributed by atoms with E-state index in [1.165, 1.54) is 0 Å². The summed E-state index contributed by atoms with van der Waals surface area (Å²) < 4.78 is 11.0. The fourth-order valence-corrected chi connectivity index (χ4v) is 3.03. The molecule has 0 aliphatic heterocycles. The molecule has 0 atom stereocenters. The fraction of sp³-hybridized carbons (Fsp3) is 0.300. The fourth-order valence-electron chi connectivity index (χ4n) is 3.03. The summed E-state index contributed by atoms with van der Waals surface area (Å²) in [6.07, 6.45) is 2.72. The van der Waals surface area contributed by atoms with Gasteiger partial charge in [-0.1, -0.05) is 6.07 Å². The number of nitrogens with zero attached hydrogens (tertiary/aromatic N) is 1. The average molecular weight is 383 g/mol. The maximum absolute atomic E-state index is 12.0. The van der Waals surface area contributed by atoms with Crippen LogP contribution >= 0.6 is 0 Å². The molecule has 0 aliphatic carbocycles. The molecule has 0 bridgehead atoms. The minimum atomic E-state index is -0.277. The highest BCUT2D eigenvalue weighted by Gasteiger charge is 2.17. The Morgan fingerprint density at radius 3 is 2.54 bits per heavy atom. The van der Waals surface area contributed by atoms with Gasteiger partial charge in [-0.2, -0.15) is 0 Å². The molecule has 0 unspecified atom stereocenters. The lowest BCUT2D eigenvalue weighted by Gasteiger charge is -2.12. The molecule has 0 aliphatic rings. The molecule has 0 fully saturated rings. The summed E-state index contributed by atoms with van der Waals surface area (Å²) in [5.41, 5.74) is 2.43. The lowest BCUT2D eigenvalue weighted by Crippen LogP contribution is -2.31. The summed E-state index contributed by atoms with van der Waals surface area (Å²) in [5.74, 6) is 1.89. The first kappa shape index (κ1) is 19.5. The molecule has 148 valence electrons.